The zero-order valence-corrected chi connectivity index (χ0v) is 14.6. The number of amides is 1. The smallest absolute Gasteiger partial charge is 0.232 e. The molecule has 0 radical (unpaired) electrons. The lowest BCUT2D eigenvalue weighted by atomic mass is 9.94. The topological polar surface area (TPSA) is 40.5 Å². The summed E-state index contributed by atoms with van der Waals surface area (Å²) in [7, 11) is 0. The average molecular weight is 333 g/mol. The number of carbonyl (C=O) groups is 1. The van der Waals surface area contributed by atoms with Crippen LogP contribution in [0.25, 0.3) is 10.8 Å². The highest BCUT2D eigenvalue weighted by Crippen LogP contribution is 2.28. The minimum atomic E-state index is -0.838. The molecule has 0 saturated heterocycles. The number of hydrogen-bond donors (Lipinski definition) is 1. The first-order valence-corrected chi connectivity index (χ1v) is 8.65. The van der Waals surface area contributed by atoms with Crippen LogP contribution in [0.4, 0.5) is 5.69 Å². The molecule has 3 nitrogen and oxygen atoms in total. The molecule has 128 valence electrons. The van der Waals surface area contributed by atoms with Gasteiger partial charge in [-0.15, -0.1) is 0 Å². The van der Waals surface area contributed by atoms with Gasteiger partial charge in [0.25, 0.3) is 0 Å². The second-order valence-corrected chi connectivity index (χ2v) is 6.26. The molecule has 0 bridgehead atoms. The summed E-state index contributed by atoms with van der Waals surface area (Å²) in [5.41, 5.74) is 1.62. The van der Waals surface area contributed by atoms with Crippen LogP contribution >= 0.6 is 0 Å². The molecule has 1 amide bonds. The first kappa shape index (κ1) is 17.2. The Morgan fingerprint density at radius 1 is 0.960 bits per heavy atom. The lowest BCUT2D eigenvalue weighted by molar-refractivity contribution is -0.125. The molecule has 0 aromatic heterocycles. The van der Waals surface area contributed by atoms with Gasteiger partial charge in [-0.3, -0.25) is 4.79 Å². The molecule has 3 rings (SSSR count). The van der Waals surface area contributed by atoms with E-state index in [9.17, 15) is 9.90 Å². The Bertz CT molecular complexity index is 860. The van der Waals surface area contributed by atoms with Crippen molar-refractivity contribution in [2.24, 2.45) is 5.92 Å². The van der Waals surface area contributed by atoms with E-state index in [2.05, 4.69) is 0 Å². The predicted molar refractivity (Wildman–Crippen MR) is 103 cm³/mol. The van der Waals surface area contributed by atoms with Gasteiger partial charge in [0.2, 0.25) is 5.91 Å². The normalized spacial score (nSPS) is 13.4. The Kier molecular flexibility index (Phi) is 5.15. The number of hydrogen-bond acceptors (Lipinski definition) is 2. The number of aliphatic hydroxyl groups is 1. The van der Waals surface area contributed by atoms with Crippen LogP contribution in [0.15, 0.2) is 72.8 Å². The summed E-state index contributed by atoms with van der Waals surface area (Å²) in [5.74, 6) is -0.601. The van der Waals surface area contributed by atoms with Crippen LogP contribution in [-0.4, -0.2) is 17.6 Å². The molecule has 0 fully saturated rings. The Morgan fingerprint density at radius 3 is 2.28 bits per heavy atom. The maximum atomic E-state index is 12.9. The third-order valence-corrected chi connectivity index (χ3v) is 4.63. The zero-order chi connectivity index (χ0) is 17.8. The van der Waals surface area contributed by atoms with Gasteiger partial charge in [0, 0.05) is 12.2 Å². The van der Waals surface area contributed by atoms with E-state index < -0.39 is 12.0 Å². The number of carbonyl (C=O) groups excluding carboxylic acids is 1. The van der Waals surface area contributed by atoms with E-state index in [1.54, 1.807) is 11.8 Å². The summed E-state index contributed by atoms with van der Waals surface area (Å²) < 4.78 is 0. The molecule has 0 unspecified atom stereocenters. The Hall–Kier alpha value is -2.65. The molecule has 2 atom stereocenters. The SMILES string of the molecule is CCN(C(=O)[C@@H](C)[C@@H](O)c1ccc2ccccc2c1)c1ccccc1. The standard InChI is InChI=1S/C22H23NO2/c1-3-23(20-11-5-4-6-12-20)22(25)16(2)21(24)19-14-13-17-9-7-8-10-18(17)15-19/h4-16,21,24H,3H2,1-2H3/t16-,21+/m0/s1. The minimum Gasteiger partial charge on any atom is -0.388 e. The molecule has 0 aliphatic carbocycles. The molecule has 25 heavy (non-hydrogen) atoms. The van der Waals surface area contributed by atoms with Gasteiger partial charge < -0.3 is 10.0 Å². The van der Waals surface area contributed by atoms with Crippen molar-refractivity contribution in [3.8, 4) is 0 Å². The van der Waals surface area contributed by atoms with Crippen LogP contribution in [0.2, 0.25) is 0 Å². The fourth-order valence-corrected chi connectivity index (χ4v) is 3.13. The van der Waals surface area contributed by atoms with Crippen LogP contribution in [0.3, 0.4) is 0 Å². The fraction of sp³-hybridized carbons (Fsp3) is 0.227. The van der Waals surface area contributed by atoms with Crippen molar-refractivity contribution >= 4 is 22.4 Å². The average Bonchev–Trinajstić information content (AvgIpc) is 2.67. The summed E-state index contributed by atoms with van der Waals surface area (Å²) in [5, 5.41) is 12.9. The van der Waals surface area contributed by atoms with Crippen molar-refractivity contribution in [2.75, 3.05) is 11.4 Å². The van der Waals surface area contributed by atoms with Gasteiger partial charge in [-0.05, 0) is 41.5 Å². The maximum absolute atomic E-state index is 12.9. The number of benzene rings is 3. The van der Waals surface area contributed by atoms with E-state index in [-0.39, 0.29) is 5.91 Å². The van der Waals surface area contributed by atoms with Crippen LogP contribution in [0, 0.1) is 5.92 Å². The quantitative estimate of drug-likeness (QED) is 0.743. The molecule has 0 heterocycles. The van der Waals surface area contributed by atoms with Crippen LogP contribution in [-0.2, 0) is 4.79 Å². The number of aliphatic hydroxyl groups excluding tert-OH is 1. The Morgan fingerprint density at radius 2 is 1.60 bits per heavy atom. The van der Waals surface area contributed by atoms with Crippen molar-refractivity contribution in [1.82, 2.24) is 0 Å². The fourth-order valence-electron chi connectivity index (χ4n) is 3.13. The van der Waals surface area contributed by atoms with Crippen molar-refractivity contribution in [3.63, 3.8) is 0 Å². The number of nitrogens with zero attached hydrogens (tertiary/aromatic N) is 1. The predicted octanol–water partition coefficient (Wildman–Crippen LogP) is 4.56. The summed E-state index contributed by atoms with van der Waals surface area (Å²) in [6.45, 7) is 4.30. The third-order valence-electron chi connectivity index (χ3n) is 4.63. The van der Waals surface area contributed by atoms with E-state index in [0.717, 1.165) is 22.0 Å². The van der Waals surface area contributed by atoms with E-state index in [1.165, 1.54) is 0 Å². The molecule has 3 aromatic rings. The van der Waals surface area contributed by atoms with E-state index >= 15 is 0 Å². The largest absolute Gasteiger partial charge is 0.388 e. The summed E-state index contributed by atoms with van der Waals surface area (Å²) in [6, 6.07) is 23.4. The van der Waals surface area contributed by atoms with Gasteiger partial charge in [-0.2, -0.15) is 0 Å². The van der Waals surface area contributed by atoms with Gasteiger partial charge in [0.1, 0.15) is 0 Å². The molecular weight excluding hydrogens is 310 g/mol. The highest BCUT2D eigenvalue weighted by atomic mass is 16.3. The van der Waals surface area contributed by atoms with Gasteiger partial charge in [0.05, 0.1) is 12.0 Å². The molecule has 0 spiro atoms. The third kappa shape index (κ3) is 3.57. The number of anilines is 1. The van der Waals surface area contributed by atoms with Gasteiger partial charge in [-0.1, -0.05) is 61.5 Å². The molecule has 3 heteroatoms. The van der Waals surface area contributed by atoms with Gasteiger partial charge in [-0.25, -0.2) is 0 Å². The molecule has 0 aliphatic rings. The molecular formula is C22H23NO2. The lowest BCUT2D eigenvalue weighted by Crippen LogP contribution is -2.37. The maximum Gasteiger partial charge on any atom is 0.232 e. The summed E-state index contributed by atoms with van der Waals surface area (Å²) in [6.07, 6.45) is -0.838. The minimum absolute atomic E-state index is 0.0747. The first-order valence-electron chi connectivity index (χ1n) is 8.65. The first-order chi connectivity index (χ1) is 12.1. The van der Waals surface area contributed by atoms with E-state index in [0.29, 0.717) is 6.54 Å². The lowest BCUT2D eigenvalue weighted by Gasteiger charge is -2.27. The van der Waals surface area contributed by atoms with Crippen molar-refractivity contribution in [3.05, 3.63) is 78.4 Å². The molecule has 1 N–H and O–H groups in total. The Balaban J connectivity index is 1.84. The molecule has 0 saturated carbocycles. The van der Waals surface area contributed by atoms with Crippen molar-refractivity contribution < 1.29 is 9.90 Å². The molecule has 3 aromatic carbocycles. The summed E-state index contributed by atoms with van der Waals surface area (Å²) in [4.78, 5) is 14.6. The van der Waals surface area contributed by atoms with Crippen LogP contribution < -0.4 is 4.90 Å². The molecule has 0 aliphatic heterocycles. The summed E-state index contributed by atoms with van der Waals surface area (Å²) >= 11 is 0. The van der Waals surface area contributed by atoms with Gasteiger partial charge >= 0.3 is 0 Å². The Labute approximate surface area is 148 Å². The van der Waals surface area contributed by atoms with Crippen molar-refractivity contribution in [1.29, 1.82) is 0 Å². The zero-order valence-electron chi connectivity index (χ0n) is 14.6. The highest BCUT2D eigenvalue weighted by Gasteiger charge is 2.28. The second kappa shape index (κ2) is 7.49. The van der Waals surface area contributed by atoms with Gasteiger partial charge in [0.15, 0.2) is 0 Å². The van der Waals surface area contributed by atoms with Crippen LogP contribution in [0.1, 0.15) is 25.5 Å². The number of para-hydroxylation sites is 1. The number of rotatable bonds is 5. The number of fused-ring (bicyclic) bond motifs is 1. The van der Waals surface area contributed by atoms with Crippen LogP contribution in [0.5, 0.6) is 0 Å². The monoisotopic (exact) mass is 333 g/mol. The van der Waals surface area contributed by atoms with Crippen molar-refractivity contribution in [2.45, 2.75) is 20.0 Å². The highest BCUT2D eigenvalue weighted by molar-refractivity contribution is 5.95. The van der Waals surface area contributed by atoms with E-state index in [1.807, 2.05) is 79.7 Å². The second-order valence-electron chi connectivity index (χ2n) is 6.26. The van der Waals surface area contributed by atoms with E-state index in [4.69, 9.17) is 0 Å².